The van der Waals surface area contributed by atoms with Crippen molar-refractivity contribution in [3.63, 3.8) is 0 Å². The molecular weight excluding hydrogens is 202 g/mol. The Morgan fingerprint density at radius 1 is 1.25 bits per heavy atom. The van der Waals surface area contributed by atoms with Crippen molar-refractivity contribution in [2.75, 3.05) is 7.11 Å². The first-order valence-corrected chi connectivity index (χ1v) is 5.78. The molecule has 4 nitrogen and oxygen atoms in total. The van der Waals surface area contributed by atoms with Crippen molar-refractivity contribution in [3.05, 3.63) is 24.0 Å². The van der Waals surface area contributed by atoms with Crippen LogP contribution in [0.2, 0.25) is 0 Å². The van der Waals surface area contributed by atoms with Crippen LogP contribution in [0.3, 0.4) is 0 Å². The number of rotatable bonds is 2. The van der Waals surface area contributed by atoms with E-state index in [1.165, 1.54) is 25.7 Å². The lowest BCUT2D eigenvalue weighted by Gasteiger charge is -2.09. The number of methoxy groups -OCH3 is 1. The second kappa shape index (κ2) is 3.77. The van der Waals surface area contributed by atoms with Crippen molar-refractivity contribution >= 4 is 5.65 Å². The summed E-state index contributed by atoms with van der Waals surface area (Å²) in [7, 11) is 1.69. The molecule has 2 aromatic rings. The summed E-state index contributed by atoms with van der Waals surface area (Å²) < 4.78 is 7.41. The van der Waals surface area contributed by atoms with Crippen molar-refractivity contribution in [2.45, 2.75) is 31.6 Å². The van der Waals surface area contributed by atoms with Gasteiger partial charge < -0.3 is 4.74 Å². The minimum absolute atomic E-state index is 0.547. The van der Waals surface area contributed by atoms with Gasteiger partial charge in [-0.25, -0.2) is 4.40 Å². The standard InChI is InChI=1S/C12H15N3O/c1-16-11-8-4-7-10-13-14-12(15(10)11)9-5-2-3-6-9/h4,7-9H,2-3,5-6H2,1H3. The van der Waals surface area contributed by atoms with Gasteiger partial charge in [-0.15, -0.1) is 10.2 Å². The maximum Gasteiger partial charge on any atom is 0.200 e. The van der Waals surface area contributed by atoms with Gasteiger partial charge in [0.25, 0.3) is 0 Å². The fourth-order valence-electron chi connectivity index (χ4n) is 2.54. The van der Waals surface area contributed by atoms with Crippen LogP contribution < -0.4 is 4.74 Å². The summed E-state index contributed by atoms with van der Waals surface area (Å²) in [4.78, 5) is 0. The van der Waals surface area contributed by atoms with Gasteiger partial charge in [0.15, 0.2) is 5.65 Å². The van der Waals surface area contributed by atoms with Crippen LogP contribution in [0.25, 0.3) is 5.65 Å². The molecule has 1 aliphatic carbocycles. The highest BCUT2D eigenvalue weighted by Crippen LogP contribution is 2.34. The Morgan fingerprint density at radius 2 is 2.06 bits per heavy atom. The molecular formula is C12H15N3O. The van der Waals surface area contributed by atoms with E-state index < -0.39 is 0 Å². The average Bonchev–Trinajstić information content (AvgIpc) is 2.96. The molecule has 0 amide bonds. The third-order valence-corrected chi connectivity index (χ3v) is 3.35. The first-order valence-electron chi connectivity index (χ1n) is 5.78. The molecule has 16 heavy (non-hydrogen) atoms. The lowest BCUT2D eigenvalue weighted by molar-refractivity contribution is 0.388. The summed E-state index contributed by atoms with van der Waals surface area (Å²) >= 11 is 0. The van der Waals surface area contributed by atoms with Crippen LogP contribution in [0.1, 0.15) is 37.4 Å². The predicted molar refractivity (Wildman–Crippen MR) is 60.7 cm³/mol. The number of pyridine rings is 1. The number of fused-ring (bicyclic) bond motifs is 1. The molecule has 0 spiro atoms. The van der Waals surface area contributed by atoms with Gasteiger partial charge in [-0.3, -0.25) is 0 Å². The van der Waals surface area contributed by atoms with Gasteiger partial charge in [-0.2, -0.15) is 0 Å². The van der Waals surface area contributed by atoms with Gasteiger partial charge >= 0.3 is 0 Å². The molecule has 84 valence electrons. The van der Waals surface area contributed by atoms with Crippen LogP contribution in [0, 0.1) is 0 Å². The van der Waals surface area contributed by atoms with E-state index in [0.717, 1.165) is 17.4 Å². The van der Waals surface area contributed by atoms with Crippen LogP contribution >= 0.6 is 0 Å². The first-order chi connectivity index (χ1) is 7.90. The van der Waals surface area contributed by atoms with Crippen molar-refractivity contribution in [1.82, 2.24) is 14.6 Å². The second-order valence-electron chi connectivity index (χ2n) is 4.30. The summed E-state index contributed by atoms with van der Waals surface area (Å²) in [6.45, 7) is 0. The topological polar surface area (TPSA) is 39.4 Å². The highest BCUT2D eigenvalue weighted by molar-refractivity contribution is 5.42. The van der Waals surface area contributed by atoms with E-state index >= 15 is 0 Å². The van der Waals surface area contributed by atoms with Crippen LogP contribution in [-0.2, 0) is 0 Å². The minimum Gasteiger partial charge on any atom is -0.482 e. The monoisotopic (exact) mass is 217 g/mol. The van der Waals surface area contributed by atoms with Gasteiger partial charge in [-0.05, 0) is 25.0 Å². The number of aromatic nitrogens is 3. The predicted octanol–water partition coefficient (Wildman–Crippen LogP) is 2.40. The third kappa shape index (κ3) is 1.37. The smallest absolute Gasteiger partial charge is 0.200 e. The molecule has 3 rings (SSSR count). The van der Waals surface area contributed by atoms with Crippen molar-refractivity contribution in [3.8, 4) is 5.88 Å². The van der Waals surface area contributed by atoms with Crippen molar-refractivity contribution in [2.24, 2.45) is 0 Å². The van der Waals surface area contributed by atoms with Gasteiger partial charge in [0.2, 0.25) is 5.88 Å². The van der Waals surface area contributed by atoms with Gasteiger partial charge in [0.1, 0.15) is 5.82 Å². The highest BCUT2D eigenvalue weighted by Gasteiger charge is 2.23. The Bertz CT molecular complexity index is 500. The van der Waals surface area contributed by atoms with Crippen molar-refractivity contribution < 1.29 is 4.74 Å². The van der Waals surface area contributed by atoms with E-state index in [1.807, 2.05) is 22.6 Å². The average molecular weight is 217 g/mol. The number of hydrogen-bond acceptors (Lipinski definition) is 3. The van der Waals surface area contributed by atoms with Crippen LogP contribution in [0.15, 0.2) is 18.2 Å². The zero-order chi connectivity index (χ0) is 11.0. The normalized spacial score (nSPS) is 17.1. The Morgan fingerprint density at radius 3 is 2.81 bits per heavy atom. The zero-order valence-electron chi connectivity index (χ0n) is 9.39. The van der Waals surface area contributed by atoms with Gasteiger partial charge in [0.05, 0.1) is 7.11 Å². The summed E-state index contributed by atoms with van der Waals surface area (Å²) in [6, 6.07) is 5.87. The second-order valence-corrected chi connectivity index (χ2v) is 4.30. The highest BCUT2D eigenvalue weighted by atomic mass is 16.5. The Balaban J connectivity index is 2.16. The maximum atomic E-state index is 5.37. The van der Waals surface area contributed by atoms with Crippen LogP contribution in [-0.4, -0.2) is 21.7 Å². The summed E-state index contributed by atoms with van der Waals surface area (Å²) in [5.74, 6) is 2.43. The molecule has 1 fully saturated rings. The number of ether oxygens (including phenoxy) is 1. The molecule has 4 heteroatoms. The quantitative estimate of drug-likeness (QED) is 0.775. The molecule has 2 heterocycles. The van der Waals surface area contributed by atoms with E-state index in [-0.39, 0.29) is 0 Å². The molecule has 0 aromatic carbocycles. The number of nitrogens with zero attached hydrogens (tertiary/aromatic N) is 3. The molecule has 1 saturated carbocycles. The molecule has 0 aliphatic heterocycles. The lowest BCUT2D eigenvalue weighted by atomic mass is 10.1. The molecule has 0 atom stereocenters. The Kier molecular flexibility index (Phi) is 2.27. The van der Waals surface area contributed by atoms with E-state index in [1.54, 1.807) is 7.11 Å². The molecule has 0 saturated heterocycles. The SMILES string of the molecule is COc1cccc2nnc(C3CCCC3)n12. The van der Waals surface area contributed by atoms with E-state index in [9.17, 15) is 0 Å². The van der Waals surface area contributed by atoms with E-state index in [2.05, 4.69) is 10.2 Å². The van der Waals surface area contributed by atoms with Crippen molar-refractivity contribution in [1.29, 1.82) is 0 Å². The fourth-order valence-corrected chi connectivity index (χ4v) is 2.54. The molecule has 0 N–H and O–H groups in total. The van der Waals surface area contributed by atoms with Gasteiger partial charge in [0, 0.05) is 5.92 Å². The summed E-state index contributed by atoms with van der Waals surface area (Å²) in [5.41, 5.74) is 0.876. The molecule has 1 aliphatic rings. The molecule has 0 unspecified atom stereocenters. The Labute approximate surface area is 94.3 Å². The number of hydrogen-bond donors (Lipinski definition) is 0. The summed E-state index contributed by atoms with van der Waals surface area (Å²) in [6.07, 6.45) is 5.04. The maximum absolute atomic E-state index is 5.37. The fraction of sp³-hybridized carbons (Fsp3) is 0.500. The van der Waals surface area contributed by atoms with Gasteiger partial charge in [-0.1, -0.05) is 18.9 Å². The molecule has 2 aromatic heterocycles. The minimum atomic E-state index is 0.547. The largest absolute Gasteiger partial charge is 0.482 e. The van der Waals surface area contributed by atoms with E-state index in [0.29, 0.717) is 5.92 Å². The van der Waals surface area contributed by atoms with E-state index in [4.69, 9.17) is 4.74 Å². The Hall–Kier alpha value is -1.58. The summed E-state index contributed by atoms with van der Waals surface area (Å²) in [5, 5.41) is 8.52. The van der Waals surface area contributed by atoms with Crippen LogP contribution in [0.4, 0.5) is 0 Å². The van der Waals surface area contributed by atoms with Crippen LogP contribution in [0.5, 0.6) is 5.88 Å². The molecule has 0 bridgehead atoms. The third-order valence-electron chi connectivity index (χ3n) is 3.35. The first kappa shape index (κ1) is 9.63. The zero-order valence-corrected chi connectivity index (χ0v) is 9.39. The molecule has 0 radical (unpaired) electrons. The lowest BCUT2D eigenvalue weighted by Crippen LogP contribution is -2.03.